The third-order valence-corrected chi connectivity index (χ3v) is 5.65. The Labute approximate surface area is 131 Å². The highest BCUT2D eigenvalue weighted by atomic mass is 32.2. The number of hydrogen-bond acceptors (Lipinski definition) is 5. The van der Waals surface area contributed by atoms with E-state index in [-0.39, 0.29) is 21.6 Å². The Morgan fingerprint density at radius 1 is 1.24 bits per heavy atom. The van der Waals surface area contributed by atoms with Gasteiger partial charge in [-0.2, -0.15) is 4.31 Å². The Kier molecular flexibility index (Phi) is 6.37. The molecule has 0 aliphatic carbocycles. The Morgan fingerprint density at radius 3 is 2.19 bits per heavy atom. The molecule has 1 aromatic heterocycles. The van der Waals surface area contributed by atoms with E-state index >= 15 is 0 Å². The molecule has 0 aliphatic heterocycles. The molecule has 0 radical (unpaired) electrons. The second-order valence-electron chi connectivity index (χ2n) is 5.72. The van der Waals surface area contributed by atoms with Gasteiger partial charge in [-0.3, -0.25) is 0 Å². The van der Waals surface area contributed by atoms with Crippen molar-refractivity contribution in [2.45, 2.75) is 32.6 Å². The van der Waals surface area contributed by atoms with Crippen molar-refractivity contribution in [2.24, 2.45) is 11.8 Å². The largest absolute Gasteiger partial charge is 0.465 e. The monoisotopic (exact) mass is 333 g/mol. The molecule has 0 amide bonds. The second kappa shape index (κ2) is 7.38. The molecule has 1 rings (SSSR count). The molecule has 0 spiro atoms. The highest BCUT2D eigenvalue weighted by molar-refractivity contribution is 7.89. The van der Waals surface area contributed by atoms with Crippen LogP contribution in [0.1, 0.15) is 37.4 Å². The van der Waals surface area contributed by atoms with Gasteiger partial charge in [0.2, 0.25) is 10.0 Å². The highest BCUT2D eigenvalue weighted by Crippen LogP contribution is 2.27. The van der Waals surface area contributed by atoms with Gasteiger partial charge in [-0.1, -0.05) is 27.7 Å². The summed E-state index contributed by atoms with van der Waals surface area (Å²) < 4.78 is 31.8. The number of esters is 1. The summed E-state index contributed by atoms with van der Waals surface area (Å²) in [5.41, 5.74) is 0. The summed E-state index contributed by atoms with van der Waals surface area (Å²) in [6, 6.07) is 1.47. The summed E-state index contributed by atoms with van der Waals surface area (Å²) in [7, 11) is -2.44. The average molecular weight is 333 g/mol. The van der Waals surface area contributed by atoms with Crippen molar-refractivity contribution in [3.63, 3.8) is 0 Å². The van der Waals surface area contributed by atoms with E-state index in [0.717, 1.165) is 11.3 Å². The quantitative estimate of drug-likeness (QED) is 0.720. The lowest BCUT2D eigenvalue weighted by atomic mass is 10.2. The zero-order valence-electron chi connectivity index (χ0n) is 13.1. The van der Waals surface area contributed by atoms with E-state index < -0.39 is 16.0 Å². The first-order valence-electron chi connectivity index (χ1n) is 6.86. The van der Waals surface area contributed by atoms with Crippen molar-refractivity contribution in [3.05, 3.63) is 16.3 Å². The minimum Gasteiger partial charge on any atom is -0.465 e. The lowest BCUT2D eigenvalue weighted by molar-refractivity contribution is 0.0602. The van der Waals surface area contributed by atoms with Crippen molar-refractivity contribution in [1.29, 1.82) is 0 Å². The maximum Gasteiger partial charge on any atom is 0.349 e. The molecule has 0 N–H and O–H groups in total. The van der Waals surface area contributed by atoms with E-state index in [1.165, 1.54) is 17.5 Å². The first-order valence-corrected chi connectivity index (χ1v) is 9.18. The number of nitrogens with zero attached hydrogens (tertiary/aromatic N) is 1. The summed E-state index contributed by atoms with van der Waals surface area (Å²) >= 11 is 1.08. The van der Waals surface area contributed by atoms with Gasteiger partial charge in [0.25, 0.3) is 0 Å². The van der Waals surface area contributed by atoms with Crippen molar-refractivity contribution in [1.82, 2.24) is 4.31 Å². The normalized spacial score (nSPS) is 12.4. The summed E-state index contributed by atoms with van der Waals surface area (Å²) in [6.07, 6.45) is 0. The van der Waals surface area contributed by atoms with Crippen LogP contribution in [0.5, 0.6) is 0 Å². The zero-order chi connectivity index (χ0) is 16.2. The van der Waals surface area contributed by atoms with Crippen molar-refractivity contribution in [2.75, 3.05) is 20.2 Å². The Hall–Kier alpha value is -0.920. The Bertz CT molecular complexity index is 566. The first-order chi connectivity index (χ1) is 9.70. The van der Waals surface area contributed by atoms with E-state index in [9.17, 15) is 13.2 Å². The lowest BCUT2D eigenvalue weighted by Gasteiger charge is -2.25. The smallest absolute Gasteiger partial charge is 0.349 e. The zero-order valence-corrected chi connectivity index (χ0v) is 14.8. The van der Waals surface area contributed by atoms with Crippen LogP contribution in [0.25, 0.3) is 0 Å². The second-order valence-corrected chi connectivity index (χ2v) is 8.54. The van der Waals surface area contributed by atoms with Gasteiger partial charge in [-0.15, -0.1) is 11.3 Å². The number of ether oxygens (including phenoxy) is 1. The van der Waals surface area contributed by atoms with E-state index in [1.807, 2.05) is 27.7 Å². The topological polar surface area (TPSA) is 63.7 Å². The Balaban J connectivity index is 3.22. The number of rotatable bonds is 7. The molecule has 1 aromatic rings. The summed E-state index contributed by atoms with van der Waals surface area (Å²) in [4.78, 5) is 11.9. The highest BCUT2D eigenvalue weighted by Gasteiger charge is 2.31. The minimum atomic E-state index is -3.69. The number of hydrogen-bond donors (Lipinski definition) is 0. The summed E-state index contributed by atoms with van der Waals surface area (Å²) in [5.74, 6) is -0.199. The fourth-order valence-corrected chi connectivity index (χ4v) is 5.04. The average Bonchev–Trinajstić information content (AvgIpc) is 2.85. The van der Waals surface area contributed by atoms with Crippen LogP contribution in [0.3, 0.4) is 0 Å². The molecule has 7 heteroatoms. The van der Waals surface area contributed by atoms with Gasteiger partial charge in [0.05, 0.1) is 7.11 Å². The maximum absolute atomic E-state index is 12.8. The van der Waals surface area contributed by atoms with Crippen LogP contribution in [0.2, 0.25) is 0 Å². The standard InChI is InChI=1S/C14H23NO4S2/c1-10(2)8-15(9-11(3)4)21(17,18)12-6-7-20-13(12)14(16)19-5/h6-7,10-11H,8-9H2,1-5H3. The number of carbonyl (C=O) groups is 1. The van der Waals surface area contributed by atoms with Crippen molar-refractivity contribution in [3.8, 4) is 0 Å². The molecular formula is C14H23NO4S2. The summed E-state index contributed by atoms with van der Waals surface area (Å²) in [6.45, 7) is 8.73. The molecule has 0 bridgehead atoms. The fraction of sp³-hybridized carbons (Fsp3) is 0.643. The van der Waals surface area contributed by atoms with Gasteiger partial charge in [-0.25, -0.2) is 13.2 Å². The molecular weight excluding hydrogens is 310 g/mol. The van der Waals surface area contributed by atoms with E-state index in [1.54, 1.807) is 5.38 Å². The van der Waals surface area contributed by atoms with Gasteiger partial charge in [0, 0.05) is 13.1 Å². The third kappa shape index (κ3) is 4.52. The van der Waals surface area contributed by atoms with Crippen molar-refractivity contribution >= 4 is 27.3 Å². The number of thiophene rings is 1. The molecule has 0 fully saturated rings. The molecule has 5 nitrogen and oxygen atoms in total. The van der Waals surface area contributed by atoms with E-state index in [2.05, 4.69) is 4.74 Å². The predicted molar refractivity (Wildman–Crippen MR) is 84.1 cm³/mol. The van der Waals surface area contributed by atoms with Crippen LogP contribution in [-0.4, -0.2) is 38.9 Å². The van der Waals surface area contributed by atoms with Gasteiger partial charge in [0.15, 0.2) is 0 Å². The molecule has 0 unspecified atom stereocenters. The number of carbonyl (C=O) groups excluding carboxylic acids is 1. The van der Waals surface area contributed by atoms with Crippen LogP contribution in [0.15, 0.2) is 16.3 Å². The molecule has 120 valence electrons. The van der Waals surface area contributed by atoms with Gasteiger partial charge < -0.3 is 4.74 Å². The van der Waals surface area contributed by atoms with Crippen molar-refractivity contribution < 1.29 is 17.9 Å². The van der Waals surface area contributed by atoms with Gasteiger partial charge in [0.1, 0.15) is 9.77 Å². The maximum atomic E-state index is 12.8. The lowest BCUT2D eigenvalue weighted by Crippen LogP contribution is -2.37. The first kappa shape index (κ1) is 18.1. The SMILES string of the molecule is COC(=O)c1sccc1S(=O)(=O)N(CC(C)C)CC(C)C. The molecule has 0 saturated heterocycles. The predicted octanol–water partition coefficient (Wildman–Crippen LogP) is 2.84. The van der Waals surface area contributed by atoms with E-state index in [0.29, 0.717) is 13.1 Å². The fourth-order valence-electron chi connectivity index (χ4n) is 1.97. The molecule has 0 aromatic carbocycles. The Morgan fingerprint density at radius 2 is 1.76 bits per heavy atom. The van der Waals surface area contributed by atoms with Gasteiger partial charge in [-0.05, 0) is 23.3 Å². The van der Waals surface area contributed by atoms with Crippen LogP contribution in [-0.2, 0) is 14.8 Å². The van der Waals surface area contributed by atoms with Crippen LogP contribution in [0, 0.1) is 11.8 Å². The third-order valence-electron chi connectivity index (χ3n) is 2.76. The van der Waals surface area contributed by atoms with Crippen LogP contribution < -0.4 is 0 Å². The number of methoxy groups -OCH3 is 1. The van der Waals surface area contributed by atoms with Crippen LogP contribution >= 0.6 is 11.3 Å². The summed E-state index contributed by atoms with van der Waals surface area (Å²) in [5, 5.41) is 1.60. The van der Waals surface area contributed by atoms with Crippen LogP contribution in [0.4, 0.5) is 0 Å². The molecule has 1 heterocycles. The molecule has 0 atom stereocenters. The number of sulfonamides is 1. The van der Waals surface area contributed by atoms with Gasteiger partial charge >= 0.3 is 5.97 Å². The van der Waals surface area contributed by atoms with E-state index in [4.69, 9.17) is 0 Å². The molecule has 0 aliphatic rings. The molecule has 0 saturated carbocycles. The minimum absolute atomic E-state index is 0.0423. The molecule has 21 heavy (non-hydrogen) atoms.